The number of carbonyl (C=O) groups is 1. The summed E-state index contributed by atoms with van der Waals surface area (Å²) >= 11 is 4.97. The third-order valence-corrected chi connectivity index (χ3v) is 5.17. The summed E-state index contributed by atoms with van der Waals surface area (Å²) in [5.41, 5.74) is 0.771. The van der Waals surface area contributed by atoms with Gasteiger partial charge in [-0.1, -0.05) is 19.3 Å². The molecule has 1 aromatic rings. The fraction of sp³-hybridized carbons (Fsp3) is 0.615. The number of hydrogen-bond acceptors (Lipinski definition) is 3. The molecule has 0 aliphatic heterocycles. The molecular formula is C13H17BrO2S. The summed E-state index contributed by atoms with van der Waals surface area (Å²) in [6, 6.07) is 0. The molecule has 2 nitrogen and oxygen atoms in total. The van der Waals surface area contributed by atoms with Crippen molar-refractivity contribution in [2.45, 2.75) is 38.2 Å². The van der Waals surface area contributed by atoms with Crippen molar-refractivity contribution in [3.8, 4) is 0 Å². The van der Waals surface area contributed by atoms with Crippen molar-refractivity contribution in [1.29, 1.82) is 0 Å². The number of ether oxygens (including phenoxy) is 1. The lowest BCUT2D eigenvalue weighted by Gasteiger charge is -2.28. The van der Waals surface area contributed by atoms with E-state index in [1.54, 1.807) is 18.4 Å². The minimum atomic E-state index is -0.263. The molecule has 1 aliphatic carbocycles. The highest BCUT2D eigenvalue weighted by Crippen LogP contribution is 2.31. The third kappa shape index (κ3) is 2.98. The minimum absolute atomic E-state index is 0.132. The standard InChI is InChI=1S/C13H17BrO2S/c1-16-13(9-5-3-2-4-6-9)12(15)10-7-17-8-11(10)14/h7-9,13H,2-6H2,1H3. The van der Waals surface area contributed by atoms with Crippen molar-refractivity contribution >= 4 is 33.0 Å². The maximum absolute atomic E-state index is 12.4. The Bertz CT molecular complexity index is 383. The normalized spacial score (nSPS) is 19.2. The van der Waals surface area contributed by atoms with Crippen molar-refractivity contribution in [1.82, 2.24) is 0 Å². The zero-order chi connectivity index (χ0) is 12.3. The number of thiophene rings is 1. The molecule has 0 N–H and O–H groups in total. The number of carbonyl (C=O) groups excluding carboxylic acids is 1. The van der Waals surface area contributed by atoms with Crippen LogP contribution in [0.2, 0.25) is 0 Å². The predicted molar refractivity (Wildman–Crippen MR) is 73.7 cm³/mol. The van der Waals surface area contributed by atoms with E-state index in [0.29, 0.717) is 5.92 Å². The van der Waals surface area contributed by atoms with Gasteiger partial charge in [-0.25, -0.2) is 0 Å². The van der Waals surface area contributed by atoms with Crippen LogP contribution in [0.3, 0.4) is 0 Å². The molecular weight excluding hydrogens is 300 g/mol. The monoisotopic (exact) mass is 316 g/mol. The highest BCUT2D eigenvalue weighted by molar-refractivity contribution is 9.10. The van der Waals surface area contributed by atoms with Crippen molar-refractivity contribution in [3.63, 3.8) is 0 Å². The second kappa shape index (κ2) is 6.12. The summed E-state index contributed by atoms with van der Waals surface area (Å²) in [5, 5.41) is 3.85. The molecule has 1 atom stereocenters. The Morgan fingerprint density at radius 3 is 2.65 bits per heavy atom. The first-order valence-electron chi connectivity index (χ1n) is 6.02. The molecule has 4 heteroatoms. The number of ketones is 1. The lowest BCUT2D eigenvalue weighted by Crippen LogP contribution is -2.33. The molecule has 1 aromatic heterocycles. The van der Waals surface area contributed by atoms with Crippen LogP contribution in [0, 0.1) is 5.92 Å². The SMILES string of the molecule is COC(C(=O)c1cscc1Br)C1CCCCC1. The van der Waals surface area contributed by atoms with Gasteiger partial charge in [0.2, 0.25) is 0 Å². The van der Waals surface area contributed by atoms with Crippen LogP contribution in [0.15, 0.2) is 15.2 Å². The number of methoxy groups -OCH3 is 1. The highest BCUT2D eigenvalue weighted by Gasteiger charge is 2.31. The molecule has 94 valence electrons. The quantitative estimate of drug-likeness (QED) is 0.775. The van der Waals surface area contributed by atoms with Crippen LogP contribution in [-0.4, -0.2) is 19.0 Å². The molecule has 1 saturated carbocycles. The van der Waals surface area contributed by atoms with E-state index in [9.17, 15) is 4.79 Å². The van der Waals surface area contributed by atoms with Gasteiger partial charge in [-0.05, 0) is 34.7 Å². The molecule has 0 amide bonds. The fourth-order valence-electron chi connectivity index (χ4n) is 2.56. The topological polar surface area (TPSA) is 26.3 Å². The van der Waals surface area contributed by atoms with Crippen molar-refractivity contribution < 1.29 is 9.53 Å². The van der Waals surface area contributed by atoms with Crippen LogP contribution in [0.5, 0.6) is 0 Å². The van der Waals surface area contributed by atoms with Gasteiger partial charge < -0.3 is 4.74 Å². The van der Waals surface area contributed by atoms with Crippen LogP contribution < -0.4 is 0 Å². The van der Waals surface area contributed by atoms with E-state index in [1.807, 2.05) is 10.8 Å². The lowest BCUT2D eigenvalue weighted by molar-refractivity contribution is 0.0314. The first-order valence-corrected chi connectivity index (χ1v) is 7.76. The van der Waals surface area contributed by atoms with Gasteiger partial charge in [0.25, 0.3) is 0 Å². The first kappa shape index (κ1) is 13.2. The molecule has 0 bridgehead atoms. The Kier molecular flexibility index (Phi) is 4.77. The zero-order valence-electron chi connectivity index (χ0n) is 9.95. The summed E-state index contributed by atoms with van der Waals surface area (Å²) in [7, 11) is 1.65. The van der Waals surface area contributed by atoms with E-state index in [0.717, 1.165) is 22.9 Å². The van der Waals surface area contributed by atoms with Gasteiger partial charge in [-0.3, -0.25) is 4.79 Å². The second-order valence-electron chi connectivity index (χ2n) is 4.55. The van der Waals surface area contributed by atoms with Gasteiger partial charge >= 0.3 is 0 Å². The number of rotatable bonds is 4. The molecule has 1 unspecified atom stereocenters. The van der Waals surface area contributed by atoms with Crippen LogP contribution in [0.25, 0.3) is 0 Å². The van der Waals surface area contributed by atoms with E-state index >= 15 is 0 Å². The van der Waals surface area contributed by atoms with Gasteiger partial charge in [0.05, 0.1) is 0 Å². The van der Waals surface area contributed by atoms with Gasteiger partial charge in [0, 0.05) is 27.9 Å². The summed E-state index contributed by atoms with van der Waals surface area (Å²) < 4.78 is 6.36. The Morgan fingerprint density at radius 2 is 2.12 bits per heavy atom. The number of halogens is 1. The van der Waals surface area contributed by atoms with Gasteiger partial charge in [-0.2, -0.15) is 11.3 Å². The van der Waals surface area contributed by atoms with Crippen LogP contribution >= 0.6 is 27.3 Å². The van der Waals surface area contributed by atoms with E-state index in [2.05, 4.69) is 15.9 Å². The van der Waals surface area contributed by atoms with Crippen molar-refractivity contribution in [3.05, 3.63) is 20.8 Å². The summed E-state index contributed by atoms with van der Waals surface area (Å²) in [6.07, 6.45) is 5.72. The van der Waals surface area contributed by atoms with Crippen LogP contribution in [0.4, 0.5) is 0 Å². The van der Waals surface area contributed by atoms with Gasteiger partial charge in [0.1, 0.15) is 6.10 Å². The molecule has 0 radical (unpaired) electrons. The average Bonchev–Trinajstić information content (AvgIpc) is 2.77. The highest BCUT2D eigenvalue weighted by atomic mass is 79.9. The summed E-state index contributed by atoms with van der Waals surface area (Å²) in [5.74, 6) is 0.528. The Labute approximate surface area is 114 Å². The smallest absolute Gasteiger partial charge is 0.193 e. The molecule has 1 fully saturated rings. The second-order valence-corrected chi connectivity index (χ2v) is 6.15. The Hall–Kier alpha value is -0.190. The van der Waals surface area contributed by atoms with Crippen molar-refractivity contribution in [2.24, 2.45) is 5.92 Å². The summed E-state index contributed by atoms with van der Waals surface area (Å²) in [4.78, 5) is 12.4. The molecule has 0 saturated heterocycles. The number of hydrogen-bond donors (Lipinski definition) is 0. The first-order chi connectivity index (χ1) is 8.24. The lowest BCUT2D eigenvalue weighted by atomic mass is 9.83. The van der Waals surface area contributed by atoms with Crippen molar-refractivity contribution in [2.75, 3.05) is 7.11 Å². The predicted octanol–water partition coefficient (Wildman–Crippen LogP) is 4.29. The Balaban J connectivity index is 2.12. The van der Waals surface area contributed by atoms with E-state index in [-0.39, 0.29) is 11.9 Å². The molecule has 1 aliphatic rings. The molecule has 17 heavy (non-hydrogen) atoms. The zero-order valence-corrected chi connectivity index (χ0v) is 12.4. The molecule has 0 spiro atoms. The molecule has 0 aromatic carbocycles. The van der Waals surface area contributed by atoms with E-state index in [4.69, 9.17) is 4.74 Å². The molecule has 1 heterocycles. The summed E-state index contributed by atoms with van der Waals surface area (Å²) in [6.45, 7) is 0. The average molecular weight is 317 g/mol. The van der Waals surface area contributed by atoms with E-state index in [1.165, 1.54) is 19.3 Å². The van der Waals surface area contributed by atoms with Gasteiger partial charge in [-0.15, -0.1) is 0 Å². The minimum Gasteiger partial charge on any atom is -0.373 e. The van der Waals surface area contributed by atoms with Crippen LogP contribution in [0.1, 0.15) is 42.5 Å². The van der Waals surface area contributed by atoms with Gasteiger partial charge in [0.15, 0.2) is 5.78 Å². The van der Waals surface area contributed by atoms with E-state index < -0.39 is 0 Å². The Morgan fingerprint density at radius 1 is 1.41 bits per heavy atom. The number of Topliss-reactive ketones (excluding diaryl/α,β-unsaturated/α-hetero) is 1. The largest absolute Gasteiger partial charge is 0.373 e. The maximum atomic E-state index is 12.4. The fourth-order valence-corrected chi connectivity index (χ4v) is 4.04. The third-order valence-electron chi connectivity index (χ3n) is 3.47. The van der Waals surface area contributed by atoms with Crippen LogP contribution in [-0.2, 0) is 4.74 Å². The molecule has 2 rings (SSSR count). The maximum Gasteiger partial charge on any atom is 0.193 e.